The van der Waals surface area contributed by atoms with Gasteiger partial charge < -0.3 is 50.0 Å². The van der Waals surface area contributed by atoms with Gasteiger partial charge in [-0.25, -0.2) is 0 Å². The van der Waals surface area contributed by atoms with E-state index in [1.54, 1.807) is 24.8 Å². The highest BCUT2D eigenvalue weighted by Crippen LogP contribution is 2.35. The maximum Gasteiger partial charge on any atom is 0.306 e. The third-order valence-corrected chi connectivity index (χ3v) is 11.4. The lowest BCUT2D eigenvalue weighted by molar-refractivity contribution is -0.140. The quantitative estimate of drug-likeness (QED) is 0.0332. The second-order valence-corrected chi connectivity index (χ2v) is 17.0. The molecule has 6 rings (SSSR count). The molecule has 0 radical (unpaired) electrons. The first kappa shape index (κ1) is 49.4. The number of aliphatic hydroxyl groups is 2. The second kappa shape index (κ2) is 24.5. The van der Waals surface area contributed by atoms with Crippen molar-refractivity contribution in [3.05, 3.63) is 151 Å². The zero-order chi connectivity index (χ0) is 47.0. The van der Waals surface area contributed by atoms with Crippen LogP contribution < -0.4 is 29.6 Å². The summed E-state index contributed by atoms with van der Waals surface area (Å²) in [5.74, 6) is -0.917. The van der Waals surface area contributed by atoms with Crippen molar-refractivity contribution >= 4 is 43.8 Å². The first-order valence-electron chi connectivity index (χ1n) is 20.9. The number of carbonyl (C=O) groups is 2. The van der Waals surface area contributed by atoms with Gasteiger partial charge in [-0.3, -0.25) is 19.6 Å². The third-order valence-electron chi connectivity index (χ3n) is 10.3. The number of rotatable bonds is 25. The lowest BCUT2D eigenvalue weighted by atomic mass is 9.92. The fourth-order valence-electron chi connectivity index (χ4n) is 6.81. The molecule has 0 bridgehead atoms. The molecule has 0 aliphatic heterocycles. The van der Waals surface area contributed by atoms with E-state index in [4.69, 9.17) is 39.1 Å². The first-order valence-corrected chi connectivity index (χ1v) is 22.5. The molecule has 0 aliphatic rings. The Morgan fingerprint density at radius 2 is 0.985 bits per heavy atom. The van der Waals surface area contributed by atoms with Crippen LogP contribution in [0.25, 0.3) is 11.1 Å². The van der Waals surface area contributed by atoms with Crippen LogP contribution in [0.2, 0.25) is 0 Å². The smallest absolute Gasteiger partial charge is 0.306 e. The van der Waals surface area contributed by atoms with Crippen molar-refractivity contribution in [3.8, 4) is 34.6 Å². The minimum absolute atomic E-state index is 0.0643. The van der Waals surface area contributed by atoms with E-state index in [0.29, 0.717) is 43.6 Å². The monoisotopic (exact) mass is 1030 g/mol. The predicted molar refractivity (Wildman–Crippen MR) is 251 cm³/mol. The highest BCUT2D eigenvalue weighted by atomic mass is 79.9. The lowest BCUT2D eigenvalue weighted by Gasteiger charge is -2.18. The van der Waals surface area contributed by atoms with Gasteiger partial charge in [-0.2, -0.15) is 9.97 Å². The molecule has 2 aromatic carbocycles. The van der Waals surface area contributed by atoms with Crippen molar-refractivity contribution in [1.82, 2.24) is 30.6 Å². The Hall–Kier alpha value is -6.02. The second-order valence-electron chi connectivity index (χ2n) is 15.3. The molecule has 6 aromatic rings. The van der Waals surface area contributed by atoms with E-state index in [1.165, 1.54) is 0 Å². The molecule has 4 heterocycles. The van der Waals surface area contributed by atoms with Gasteiger partial charge in [0.1, 0.15) is 26.4 Å². The van der Waals surface area contributed by atoms with Crippen molar-refractivity contribution in [1.29, 1.82) is 0 Å². The molecule has 66 heavy (non-hydrogen) atoms. The minimum Gasteiger partial charge on any atom is -0.481 e. The van der Waals surface area contributed by atoms with Crippen LogP contribution in [0, 0.1) is 13.8 Å². The van der Waals surface area contributed by atoms with Gasteiger partial charge in [0.2, 0.25) is 23.5 Å². The summed E-state index contributed by atoms with van der Waals surface area (Å²) in [5, 5.41) is 44.3. The van der Waals surface area contributed by atoms with E-state index in [2.05, 4.69) is 64.6 Å². The maximum atomic E-state index is 11.0. The molecule has 0 amide bonds. The van der Waals surface area contributed by atoms with Crippen molar-refractivity contribution in [2.45, 2.75) is 78.4 Å². The Morgan fingerprint density at radius 1 is 0.576 bits per heavy atom. The summed E-state index contributed by atoms with van der Waals surface area (Å²) in [7, 11) is 0. The third kappa shape index (κ3) is 14.5. The highest BCUT2D eigenvalue weighted by molar-refractivity contribution is 9.10. The van der Waals surface area contributed by atoms with Crippen LogP contribution in [-0.2, 0) is 49.1 Å². The van der Waals surface area contributed by atoms with Crippen LogP contribution in [0.4, 0.5) is 0 Å². The number of nitrogens with one attached hydrogen (secondary N) is 2. The zero-order valence-electron chi connectivity index (χ0n) is 36.2. The molecule has 0 saturated carbocycles. The van der Waals surface area contributed by atoms with Crippen molar-refractivity contribution < 1.29 is 49.0 Å². The summed E-state index contributed by atoms with van der Waals surface area (Å²) < 4.78 is 26.1. The molecular weight excluding hydrogens is 980 g/mol. The average Bonchev–Trinajstić information content (AvgIpc) is 3.28. The molecule has 0 aliphatic carbocycles. The fraction of sp³-hybridized carbons (Fsp3) is 0.292. The Kier molecular flexibility index (Phi) is 18.3. The zero-order valence-corrected chi connectivity index (χ0v) is 39.4. The number of carboxylic acid groups (broad SMARTS) is 2. The number of halogens is 2. The molecule has 4 aromatic heterocycles. The number of aliphatic hydroxyl groups excluding tert-OH is 2. The summed E-state index contributed by atoms with van der Waals surface area (Å²) in [4.78, 5) is 39.8. The molecule has 346 valence electrons. The number of ether oxygens (including phenoxy) is 4. The molecule has 0 fully saturated rings. The average molecular weight is 1030 g/mol. The number of hydrogen-bond donors (Lipinski definition) is 6. The number of carboxylic acids is 2. The van der Waals surface area contributed by atoms with Crippen LogP contribution in [0.5, 0.6) is 23.5 Å². The highest BCUT2D eigenvalue weighted by Gasteiger charge is 2.19. The first-order chi connectivity index (χ1) is 31.8. The number of benzene rings is 2. The standard InChI is InChI=1S/C48H50Br2N6O10/c1-29-33(27-65-47-41(49)15-35(21-53-23-37(57)17-43(59)60)45(55-47)63-25-31-7-5-13-51-19-31)9-3-11-39(29)40-12-4-10-34(30(40)2)28-66-48-42(50)16-36(22-54-24-38(58)18-44(61)62)46(56-48)64-26-32-8-6-14-52-20-32/h3-16,19-20,37-38,53-54,57-58H,17-18,21-28H2,1-2H3,(H,59,60)(H,61,62). The number of pyridine rings is 4. The van der Waals surface area contributed by atoms with E-state index in [-0.39, 0.29) is 65.4 Å². The topological polar surface area (TPSA) is 228 Å². The molecule has 0 spiro atoms. The number of nitrogens with zero attached hydrogens (tertiary/aromatic N) is 4. The van der Waals surface area contributed by atoms with Crippen LogP contribution in [-0.4, -0.2) is 77.6 Å². The summed E-state index contributed by atoms with van der Waals surface area (Å²) in [6, 6.07) is 23.2. The summed E-state index contributed by atoms with van der Waals surface area (Å²) in [6.45, 7) is 5.53. The molecule has 2 unspecified atom stereocenters. The van der Waals surface area contributed by atoms with Gasteiger partial charge in [-0.15, -0.1) is 0 Å². The van der Waals surface area contributed by atoms with E-state index >= 15 is 0 Å². The molecule has 6 N–H and O–H groups in total. The van der Waals surface area contributed by atoms with E-state index in [0.717, 1.165) is 44.5 Å². The normalized spacial score (nSPS) is 12.0. The Morgan fingerprint density at radius 3 is 1.36 bits per heavy atom. The maximum absolute atomic E-state index is 11.0. The van der Waals surface area contributed by atoms with E-state index in [1.807, 2.05) is 74.5 Å². The van der Waals surface area contributed by atoms with Gasteiger partial charge in [0.05, 0.1) is 34.0 Å². The van der Waals surface area contributed by atoms with Crippen molar-refractivity contribution in [2.75, 3.05) is 13.1 Å². The van der Waals surface area contributed by atoms with Gasteiger partial charge in [-0.05, 0) is 103 Å². The van der Waals surface area contributed by atoms with Gasteiger partial charge in [0, 0.05) is 73.2 Å². The SMILES string of the molecule is Cc1c(COc2nc(OCc3cccnc3)c(CNCC(O)CC(=O)O)cc2Br)cccc1-c1cccc(COc2nc(OCc3cccnc3)c(CNCC(O)CC(=O)O)cc2Br)c1C. The molecule has 16 nitrogen and oxygen atoms in total. The number of aromatic nitrogens is 4. The molecular formula is C48H50Br2N6O10. The van der Waals surface area contributed by atoms with Gasteiger partial charge in [-0.1, -0.05) is 48.5 Å². The van der Waals surface area contributed by atoms with Crippen LogP contribution in [0.1, 0.15) is 57.3 Å². The molecule has 2 atom stereocenters. The van der Waals surface area contributed by atoms with Crippen LogP contribution >= 0.6 is 31.9 Å². The van der Waals surface area contributed by atoms with Gasteiger partial charge in [0.25, 0.3) is 0 Å². The van der Waals surface area contributed by atoms with E-state index < -0.39 is 24.1 Å². The largest absolute Gasteiger partial charge is 0.481 e. The minimum atomic E-state index is -1.09. The predicted octanol–water partition coefficient (Wildman–Crippen LogP) is 7.24. The van der Waals surface area contributed by atoms with Crippen molar-refractivity contribution in [2.24, 2.45) is 0 Å². The Bertz CT molecular complexity index is 2400. The number of aliphatic carboxylic acids is 2. The number of hydrogen-bond acceptors (Lipinski definition) is 14. The van der Waals surface area contributed by atoms with Gasteiger partial charge in [0.15, 0.2) is 0 Å². The van der Waals surface area contributed by atoms with Crippen molar-refractivity contribution in [3.63, 3.8) is 0 Å². The van der Waals surface area contributed by atoms with E-state index in [9.17, 15) is 19.8 Å². The van der Waals surface area contributed by atoms with Crippen LogP contribution in [0.15, 0.2) is 107 Å². The van der Waals surface area contributed by atoms with Crippen LogP contribution in [0.3, 0.4) is 0 Å². The Labute approximate surface area is 398 Å². The van der Waals surface area contributed by atoms with Gasteiger partial charge >= 0.3 is 11.9 Å². The molecule has 18 heteroatoms. The summed E-state index contributed by atoms with van der Waals surface area (Å²) in [6.07, 6.45) is 3.89. The lowest BCUT2D eigenvalue weighted by Crippen LogP contribution is -2.28. The summed E-state index contributed by atoms with van der Waals surface area (Å²) in [5.41, 5.74) is 8.98. The molecule has 0 saturated heterocycles. The summed E-state index contributed by atoms with van der Waals surface area (Å²) >= 11 is 7.22. The Balaban J connectivity index is 1.16. The fourth-order valence-corrected chi connectivity index (χ4v) is 7.77.